The van der Waals surface area contributed by atoms with Gasteiger partial charge in [0.1, 0.15) is 0 Å². The van der Waals surface area contributed by atoms with Crippen LogP contribution in [-0.2, 0) is 0 Å². The Labute approximate surface area is 111 Å². The van der Waals surface area contributed by atoms with Gasteiger partial charge in [0.2, 0.25) is 0 Å². The van der Waals surface area contributed by atoms with E-state index >= 15 is 0 Å². The van der Waals surface area contributed by atoms with Crippen molar-refractivity contribution in [3.05, 3.63) is 29.8 Å². The molecular formula is C17H25N. The summed E-state index contributed by atoms with van der Waals surface area (Å²) in [5.41, 5.74) is 2.88. The van der Waals surface area contributed by atoms with E-state index in [0.717, 1.165) is 11.8 Å². The van der Waals surface area contributed by atoms with Crippen molar-refractivity contribution in [2.24, 2.45) is 11.8 Å². The molecule has 0 bridgehead atoms. The summed E-state index contributed by atoms with van der Waals surface area (Å²) in [5.74, 6) is 2.77. The molecule has 18 heavy (non-hydrogen) atoms. The van der Waals surface area contributed by atoms with Crippen LogP contribution in [-0.4, -0.2) is 13.1 Å². The van der Waals surface area contributed by atoms with Crippen LogP contribution in [0.15, 0.2) is 24.3 Å². The molecule has 1 aliphatic carbocycles. The highest BCUT2D eigenvalue weighted by molar-refractivity contribution is 5.48. The first-order valence-corrected chi connectivity index (χ1v) is 7.59. The van der Waals surface area contributed by atoms with Gasteiger partial charge in [-0.15, -0.1) is 0 Å². The Kier molecular flexibility index (Phi) is 3.32. The normalized spacial score (nSPS) is 21.6. The monoisotopic (exact) mass is 243 g/mol. The van der Waals surface area contributed by atoms with Gasteiger partial charge in [0, 0.05) is 18.8 Å². The van der Waals surface area contributed by atoms with Crippen LogP contribution in [0, 0.1) is 11.8 Å². The third-order valence-electron chi connectivity index (χ3n) is 4.75. The molecule has 0 atom stereocenters. The topological polar surface area (TPSA) is 3.24 Å². The van der Waals surface area contributed by atoms with E-state index in [1.807, 2.05) is 0 Å². The molecule has 2 aliphatic rings. The lowest BCUT2D eigenvalue weighted by Crippen LogP contribution is -2.34. The van der Waals surface area contributed by atoms with E-state index in [1.165, 1.54) is 50.0 Å². The number of nitrogens with zero attached hydrogens (tertiary/aromatic N) is 1. The zero-order valence-electron chi connectivity index (χ0n) is 11.7. The Bertz CT molecular complexity index is 381. The first-order chi connectivity index (χ1) is 8.74. The first-order valence-electron chi connectivity index (χ1n) is 7.59. The molecule has 1 saturated heterocycles. The smallest absolute Gasteiger partial charge is 0.0366 e. The van der Waals surface area contributed by atoms with Gasteiger partial charge in [-0.3, -0.25) is 0 Å². The van der Waals surface area contributed by atoms with Gasteiger partial charge in [0.05, 0.1) is 0 Å². The largest absolute Gasteiger partial charge is 0.372 e. The van der Waals surface area contributed by atoms with Crippen LogP contribution in [0.5, 0.6) is 0 Å². The van der Waals surface area contributed by atoms with E-state index in [0.29, 0.717) is 5.92 Å². The molecule has 0 aromatic heterocycles. The molecule has 0 spiro atoms. The molecule has 3 rings (SSSR count). The van der Waals surface area contributed by atoms with Gasteiger partial charge in [0.15, 0.2) is 0 Å². The summed E-state index contributed by atoms with van der Waals surface area (Å²) in [4.78, 5) is 2.57. The number of rotatable bonds is 3. The Balaban J connectivity index is 1.61. The van der Waals surface area contributed by atoms with Crippen LogP contribution >= 0.6 is 0 Å². The van der Waals surface area contributed by atoms with E-state index in [-0.39, 0.29) is 0 Å². The molecule has 0 amide bonds. The van der Waals surface area contributed by atoms with Gasteiger partial charge in [-0.25, -0.2) is 0 Å². The molecule has 1 saturated carbocycles. The van der Waals surface area contributed by atoms with Gasteiger partial charge < -0.3 is 4.90 Å². The van der Waals surface area contributed by atoms with Crippen LogP contribution < -0.4 is 4.90 Å². The van der Waals surface area contributed by atoms with E-state index in [2.05, 4.69) is 43.0 Å². The molecule has 1 nitrogen and oxygen atoms in total. The molecule has 1 aromatic rings. The predicted molar refractivity (Wildman–Crippen MR) is 78.2 cm³/mol. The zero-order chi connectivity index (χ0) is 12.5. The lowest BCUT2D eigenvalue weighted by Gasteiger charge is -2.34. The number of piperidine rings is 1. The van der Waals surface area contributed by atoms with Crippen LogP contribution in [0.1, 0.15) is 51.0 Å². The van der Waals surface area contributed by atoms with Gasteiger partial charge in [-0.05, 0) is 61.1 Å². The quantitative estimate of drug-likeness (QED) is 0.758. The van der Waals surface area contributed by atoms with Crippen molar-refractivity contribution in [1.29, 1.82) is 0 Å². The fourth-order valence-electron chi connectivity index (χ4n) is 3.27. The number of hydrogen-bond donors (Lipinski definition) is 0. The summed E-state index contributed by atoms with van der Waals surface area (Å²) in [6.07, 6.45) is 5.84. The standard InChI is InChI=1S/C17H25N/c1-13(2)14-5-7-17(8-6-14)18-11-9-16(10-12-18)15-3-4-15/h5-8,13,15-16H,3-4,9-12H2,1-2H3. The molecule has 0 N–H and O–H groups in total. The molecule has 0 unspecified atom stereocenters. The third-order valence-corrected chi connectivity index (χ3v) is 4.75. The van der Waals surface area contributed by atoms with E-state index in [1.54, 1.807) is 0 Å². The highest BCUT2D eigenvalue weighted by atomic mass is 15.1. The number of hydrogen-bond acceptors (Lipinski definition) is 1. The molecule has 1 aromatic carbocycles. The van der Waals surface area contributed by atoms with Crippen molar-refractivity contribution < 1.29 is 0 Å². The lowest BCUT2D eigenvalue weighted by molar-refractivity contribution is 0.363. The highest BCUT2D eigenvalue weighted by Crippen LogP contribution is 2.42. The average Bonchev–Trinajstić information content (AvgIpc) is 3.23. The van der Waals surface area contributed by atoms with Gasteiger partial charge in [0.25, 0.3) is 0 Å². The van der Waals surface area contributed by atoms with E-state index < -0.39 is 0 Å². The van der Waals surface area contributed by atoms with E-state index in [9.17, 15) is 0 Å². The minimum atomic E-state index is 0.639. The van der Waals surface area contributed by atoms with Crippen molar-refractivity contribution in [2.75, 3.05) is 18.0 Å². The maximum absolute atomic E-state index is 2.57. The van der Waals surface area contributed by atoms with Crippen LogP contribution in [0.4, 0.5) is 5.69 Å². The number of anilines is 1. The fraction of sp³-hybridized carbons (Fsp3) is 0.647. The van der Waals surface area contributed by atoms with Crippen LogP contribution in [0.3, 0.4) is 0 Å². The van der Waals surface area contributed by atoms with Crippen LogP contribution in [0.2, 0.25) is 0 Å². The average molecular weight is 243 g/mol. The van der Waals surface area contributed by atoms with Crippen molar-refractivity contribution in [2.45, 2.75) is 45.4 Å². The molecule has 0 radical (unpaired) electrons. The number of benzene rings is 1. The summed E-state index contributed by atoms with van der Waals surface area (Å²) < 4.78 is 0. The summed E-state index contributed by atoms with van der Waals surface area (Å²) in [6.45, 7) is 7.05. The lowest BCUT2D eigenvalue weighted by atomic mass is 9.92. The second kappa shape index (κ2) is 4.95. The zero-order valence-corrected chi connectivity index (χ0v) is 11.7. The third kappa shape index (κ3) is 2.55. The summed E-state index contributed by atoms with van der Waals surface area (Å²) in [7, 11) is 0. The van der Waals surface area contributed by atoms with Crippen molar-refractivity contribution in [3.8, 4) is 0 Å². The maximum Gasteiger partial charge on any atom is 0.0366 e. The van der Waals surface area contributed by atoms with Crippen LogP contribution in [0.25, 0.3) is 0 Å². The second-order valence-corrected chi connectivity index (χ2v) is 6.41. The summed E-state index contributed by atoms with van der Waals surface area (Å²) in [5, 5.41) is 0. The molecular weight excluding hydrogens is 218 g/mol. The Morgan fingerprint density at radius 2 is 1.44 bits per heavy atom. The first kappa shape index (κ1) is 12.1. The van der Waals surface area contributed by atoms with Gasteiger partial charge in [-0.2, -0.15) is 0 Å². The molecule has 1 heteroatoms. The summed E-state index contributed by atoms with van der Waals surface area (Å²) >= 11 is 0. The van der Waals surface area contributed by atoms with Gasteiger partial charge >= 0.3 is 0 Å². The van der Waals surface area contributed by atoms with Gasteiger partial charge in [-0.1, -0.05) is 26.0 Å². The molecule has 98 valence electrons. The highest BCUT2D eigenvalue weighted by Gasteiger charge is 2.33. The minimum absolute atomic E-state index is 0.639. The SMILES string of the molecule is CC(C)c1ccc(N2CCC(C3CC3)CC2)cc1. The summed E-state index contributed by atoms with van der Waals surface area (Å²) in [6, 6.07) is 9.22. The minimum Gasteiger partial charge on any atom is -0.372 e. The molecule has 1 heterocycles. The Morgan fingerprint density at radius 3 is 1.94 bits per heavy atom. The van der Waals surface area contributed by atoms with Crippen molar-refractivity contribution in [3.63, 3.8) is 0 Å². The molecule has 2 fully saturated rings. The van der Waals surface area contributed by atoms with Crippen molar-refractivity contribution >= 4 is 5.69 Å². The van der Waals surface area contributed by atoms with Crippen molar-refractivity contribution in [1.82, 2.24) is 0 Å². The maximum atomic E-state index is 2.57. The fourth-order valence-corrected chi connectivity index (χ4v) is 3.27. The second-order valence-electron chi connectivity index (χ2n) is 6.41. The Morgan fingerprint density at radius 1 is 0.889 bits per heavy atom. The predicted octanol–water partition coefficient (Wildman–Crippen LogP) is 4.44. The molecule has 1 aliphatic heterocycles. The Hall–Kier alpha value is -0.980. The van der Waals surface area contributed by atoms with E-state index in [4.69, 9.17) is 0 Å².